The van der Waals surface area contributed by atoms with Crippen molar-refractivity contribution in [3.05, 3.63) is 58.1 Å². The number of hydrogen-bond donors (Lipinski definition) is 1. The second kappa shape index (κ2) is 9.19. The highest BCUT2D eigenvalue weighted by Gasteiger charge is 2.33. The summed E-state index contributed by atoms with van der Waals surface area (Å²) in [5.74, 6) is -0.793. The number of amides is 1. The van der Waals surface area contributed by atoms with Crippen LogP contribution in [0.4, 0.5) is 6.01 Å². The molecule has 1 amide bonds. The Bertz CT molecular complexity index is 1240. The van der Waals surface area contributed by atoms with Crippen molar-refractivity contribution in [2.24, 2.45) is 5.92 Å². The van der Waals surface area contributed by atoms with Crippen LogP contribution in [-0.4, -0.2) is 41.9 Å². The van der Waals surface area contributed by atoms with Gasteiger partial charge in [-0.2, -0.15) is 4.31 Å². The fourth-order valence-corrected chi connectivity index (χ4v) is 5.50. The third kappa shape index (κ3) is 4.80. The summed E-state index contributed by atoms with van der Waals surface area (Å²) in [4.78, 5) is 13.0. The molecular weight excluding hydrogens is 475 g/mol. The molecule has 168 valence electrons. The molecule has 3 aromatic rings. The Kier molecular flexibility index (Phi) is 6.52. The SMILES string of the molecule is Cc1ccc(S(=O)(=O)N2CCCC(C(=O)Nc3nnc(-c4ccc(Cl)cc4Cl)o3)C2)cc1. The summed E-state index contributed by atoms with van der Waals surface area (Å²) in [7, 11) is -3.68. The molecule has 1 aliphatic rings. The Labute approximate surface area is 195 Å². The molecule has 0 saturated carbocycles. The molecule has 2 aromatic carbocycles. The normalized spacial score (nSPS) is 17.3. The largest absolute Gasteiger partial charge is 0.403 e. The maximum Gasteiger partial charge on any atom is 0.322 e. The lowest BCUT2D eigenvalue weighted by molar-refractivity contribution is -0.121. The number of benzene rings is 2. The van der Waals surface area contributed by atoms with Crippen LogP contribution in [0, 0.1) is 12.8 Å². The minimum atomic E-state index is -3.68. The summed E-state index contributed by atoms with van der Waals surface area (Å²) in [5.41, 5.74) is 1.45. The Morgan fingerprint density at radius 1 is 1.16 bits per heavy atom. The number of hydrogen-bond acceptors (Lipinski definition) is 6. The number of aryl methyl sites for hydroxylation is 1. The van der Waals surface area contributed by atoms with Gasteiger partial charge in [0.1, 0.15) is 0 Å². The summed E-state index contributed by atoms with van der Waals surface area (Å²) in [6, 6.07) is 11.4. The van der Waals surface area contributed by atoms with Crippen molar-refractivity contribution in [3.63, 3.8) is 0 Å². The molecule has 1 N–H and O–H groups in total. The van der Waals surface area contributed by atoms with E-state index in [1.54, 1.807) is 42.5 Å². The second-order valence-corrected chi connectivity index (χ2v) is 10.3. The molecule has 1 aliphatic heterocycles. The van der Waals surface area contributed by atoms with Gasteiger partial charge in [-0.25, -0.2) is 8.42 Å². The molecule has 2 heterocycles. The third-order valence-electron chi connectivity index (χ3n) is 5.23. The zero-order valence-electron chi connectivity index (χ0n) is 17.1. The molecule has 1 fully saturated rings. The van der Waals surface area contributed by atoms with Gasteiger partial charge in [0.25, 0.3) is 5.89 Å². The molecule has 0 aliphatic carbocycles. The summed E-state index contributed by atoms with van der Waals surface area (Å²) in [6.45, 7) is 2.33. The minimum absolute atomic E-state index is 0.0754. The van der Waals surface area contributed by atoms with Gasteiger partial charge in [-0.1, -0.05) is 46.0 Å². The molecule has 8 nitrogen and oxygen atoms in total. The number of anilines is 1. The zero-order chi connectivity index (χ0) is 22.9. The van der Waals surface area contributed by atoms with Gasteiger partial charge in [0.2, 0.25) is 15.9 Å². The first-order valence-corrected chi connectivity index (χ1v) is 12.1. The minimum Gasteiger partial charge on any atom is -0.403 e. The third-order valence-corrected chi connectivity index (χ3v) is 7.66. The van der Waals surface area contributed by atoms with Crippen molar-refractivity contribution >= 4 is 45.1 Å². The zero-order valence-corrected chi connectivity index (χ0v) is 19.4. The van der Waals surface area contributed by atoms with Gasteiger partial charge in [-0.3, -0.25) is 10.1 Å². The second-order valence-electron chi connectivity index (χ2n) is 7.54. The molecule has 4 rings (SSSR count). The van der Waals surface area contributed by atoms with Gasteiger partial charge < -0.3 is 4.42 Å². The van der Waals surface area contributed by atoms with E-state index in [0.29, 0.717) is 35.0 Å². The number of nitrogens with zero attached hydrogens (tertiary/aromatic N) is 3. The highest BCUT2D eigenvalue weighted by atomic mass is 35.5. The van der Waals surface area contributed by atoms with Gasteiger partial charge in [0, 0.05) is 18.1 Å². The van der Waals surface area contributed by atoms with Crippen LogP contribution in [0.2, 0.25) is 10.0 Å². The molecule has 0 bridgehead atoms. The number of halogens is 2. The monoisotopic (exact) mass is 494 g/mol. The number of aromatic nitrogens is 2. The van der Waals surface area contributed by atoms with Crippen molar-refractivity contribution < 1.29 is 17.6 Å². The number of sulfonamides is 1. The highest BCUT2D eigenvalue weighted by Crippen LogP contribution is 2.30. The summed E-state index contributed by atoms with van der Waals surface area (Å²) < 4.78 is 32.8. The lowest BCUT2D eigenvalue weighted by Gasteiger charge is -2.30. The number of carbonyl (C=O) groups excluding carboxylic acids is 1. The summed E-state index contributed by atoms with van der Waals surface area (Å²) in [5, 5.41) is 11.1. The van der Waals surface area contributed by atoms with Gasteiger partial charge >= 0.3 is 6.01 Å². The number of piperidine rings is 1. The number of carbonyl (C=O) groups is 1. The topological polar surface area (TPSA) is 105 Å². The number of nitrogens with one attached hydrogen (secondary N) is 1. The van der Waals surface area contributed by atoms with E-state index in [0.717, 1.165) is 5.56 Å². The standard InChI is InChI=1S/C21H20Cl2N4O4S/c1-13-4-7-16(8-5-13)32(29,30)27-10-2-3-14(12-27)19(28)24-21-26-25-20(31-21)17-9-6-15(22)11-18(17)23/h4-9,11,14H,2-3,10,12H2,1H3,(H,24,26,28). The van der Waals surface area contributed by atoms with Crippen molar-refractivity contribution in [2.45, 2.75) is 24.7 Å². The van der Waals surface area contributed by atoms with E-state index in [4.69, 9.17) is 27.6 Å². The van der Waals surface area contributed by atoms with E-state index in [1.807, 2.05) is 6.92 Å². The smallest absolute Gasteiger partial charge is 0.322 e. The average Bonchev–Trinajstić information content (AvgIpc) is 3.22. The molecule has 1 atom stereocenters. The van der Waals surface area contributed by atoms with Crippen molar-refractivity contribution in [3.8, 4) is 11.5 Å². The van der Waals surface area contributed by atoms with Crippen molar-refractivity contribution in [2.75, 3.05) is 18.4 Å². The van der Waals surface area contributed by atoms with E-state index < -0.39 is 15.9 Å². The van der Waals surface area contributed by atoms with E-state index in [9.17, 15) is 13.2 Å². The first-order chi connectivity index (χ1) is 15.2. The predicted molar refractivity (Wildman–Crippen MR) is 121 cm³/mol. The van der Waals surface area contributed by atoms with Crippen LogP contribution >= 0.6 is 23.2 Å². The lowest BCUT2D eigenvalue weighted by atomic mass is 9.99. The van der Waals surface area contributed by atoms with Crippen molar-refractivity contribution in [1.29, 1.82) is 0 Å². The Morgan fingerprint density at radius 2 is 1.91 bits per heavy atom. The molecular formula is C21H20Cl2N4O4S. The van der Waals surface area contributed by atoms with Gasteiger partial charge in [0.05, 0.1) is 21.4 Å². The van der Waals surface area contributed by atoms with Crippen molar-refractivity contribution in [1.82, 2.24) is 14.5 Å². The van der Waals surface area contributed by atoms with Crippen LogP contribution in [-0.2, 0) is 14.8 Å². The quantitative estimate of drug-likeness (QED) is 0.563. The fraction of sp³-hybridized carbons (Fsp3) is 0.286. The van der Waals surface area contributed by atoms with Crippen LogP contribution in [0.5, 0.6) is 0 Å². The number of rotatable bonds is 5. The molecule has 11 heteroatoms. The van der Waals surface area contributed by atoms with Crippen LogP contribution in [0.3, 0.4) is 0 Å². The fourth-order valence-electron chi connectivity index (χ4n) is 3.49. The van der Waals surface area contributed by atoms with Gasteiger partial charge in [0.15, 0.2) is 0 Å². The summed E-state index contributed by atoms with van der Waals surface area (Å²) >= 11 is 12.1. The highest BCUT2D eigenvalue weighted by molar-refractivity contribution is 7.89. The molecule has 1 saturated heterocycles. The molecule has 0 spiro atoms. The van der Waals surface area contributed by atoms with E-state index >= 15 is 0 Å². The summed E-state index contributed by atoms with van der Waals surface area (Å²) in [6.07, 6.45) is 1.12. The Morgan fingerprint density at radius 3 is 2.62 bits per heavy atom. The first kappa shape index (κ1) is 22.7. The molecule has 32 heavy (non-hydrogen) atoms. The van der Waals surface area contributed by atoms with Crippen LogP contribution in [0.15, 0.2) is 51.8 Å². The Balaban J connectivity index is 1.45. The maximum absolute atomic E-state index is 13.0. The van der Waals surface area contributed by atoms with Gasteiger partial charge in [-0.05, 0) is 50.1 Å². The molecule has 1 aromatic heterocycles. The van der Waals surface area contributed by atoms with E-state index in [1.165, 1.54) is 4.31 Å². The first-order valence-electron chi connectivity index (χ1n) is 9.90. The lowest BCUT2D eigenvalue weighted by Crippen LogP contribution is -2.43. The average molecular weight is 495 g/mol. The van der Waals surface area contributed by atoms with Crippen LogP contribution in [0.1, 0.15) is 18.4 Å². The van der Waals surface area contributed by atoms with Crippen LogP contribution < -0.4 is 5.32 Å². The van der Waals surface area contributed by atoms with E-state index in [2.05, 4.69) is 15.5 Å². The predicted octanol–water partition coefficient (Wildman–Crippen LogP) is 4.39. The van der Waals surface area contributed by atoms with E-state index in [-0.39, 0.29) is 29.3 Å². The van der Waals surface area contributed by atoms with Gasteiger partial charge in [-0.15, -0.1) is 5.10 Å². The Hall–Kier alpha value is -2.46. The molecule has 1 unspecified atom stereocenters. The van der Waals surface area contributed by atoms with Crippen LogP contribution in [0.25, 0.3) is 11.5 Å². The molecule has 0 radical (unpaired) electrons. The maximum atomic E-state index is 13.0.